The molecular weight excluding hydrogens is 204 g/mol. The fourth-order valence-electron chi connectivity index (χ4n) is 1.24. The maximum atomic E-state index is 5.46. The number of nitrogens with one attached hydrogen (secondary N) is 1. The SMILES string of the molecule is CCNCc1cccc(OCCOCC)n1. The molecule has 0 spiro atoms. The molecule has 0 bridgehead atoms. The van der Waals surface area contributed by atoms with Crippen molar-refractivity contribution in [3.63, 3.8) is 0 Å². The van der Waals surface area contributed by atoms with Crippen LogP contribution < -0.4 is 10.1 Å². The molecule has 90 valence electrons. The Morgan fingerprint density at radius 1 is 1.25 bits per heavy atom. The molecule has 0 amide bonds. The summed E-state index contributed by atoms with van der Waals surface area (Å²) < 4.78 is 10.7. The molecule has 0 aliphatic rings. The van der Waals surface area contributed by atoms with Crippen molar-refractivity contribution in [2.45, 2.75) is 20.4 Å². The summed E-state index contributed by atoms with van der Waals surface area (Å²) in [6.45, 7) is 7.63. The van der Waals surface area contributed by atoms with Crippen LogP contribution in [0.1, 0.15) is 19.5 Å². The topological polar surface area (TPSA) is 43.4 Å². The van der Waals surface area contributed by atoms with Crippen molar-refractivity contribution in [2.24, 2.45) is 0 Å². The number of rotatable bonds is 8. The number of ether oxygens (including phenoxy) is 2. The van der Waals surface area contributed by atoms with Gasteiger partial charge in [0.25, 0.3) is 0 Å². The molecule has 0 aliphatic carbocycles. The first-order chi connectivity index (χ1) is 7.86. The van der Waals surface area contributed by atoms with Gasteiger partial charge in [0, 0.05) is 19.2 Å². The third-order valence-corrected chi connectivity index (χ3v) is 2.02. The van der Waals surface area contributed by atoms with Crippen LogP contribution in [0.4, 0.5) is 0 Å². The second-order valence-corrected chi connectivity index (χ2v) is 3.29. The average molecular weight is 224 g/mol. The molecule has 0 atom stereocenters. The van der Waals surface area contributed by atoms with E-state index in [0.717, 1.165) is 25.4 Å². The minimum absolute atomic E-state index is 0.547. The van der Waals surface area contributed by atoms with Crippen LogP contribution in [0, 0.1) is 0 Å². The molecule has 0 saturated carbocycles. The number of nitrogens with zero attached hydrogens (tertiary/aromatic N) is 1. The van der Waals surface area contributed by atoms with E-state index in [1.165, 1.54) is 0 Å². The van der Waals surface area contributed by atoms with E-state index >= 15 is 0 Å². The Morgan fingerprint density at radius 2 is 2.12 bits per heavy atom. The van der Waals surface area contributed by atoms with E-state index in [4.69, 9.17) is 9.47 Å². The molecule has 1 aromatic heterocycles. The van der Waals surface area contributed by atoms with Crippen molar-refractivity contribution in [2.75, 3.05) is 26.4 Å². The first kappa shape index (κ1) is 12.9. The van der Waals surface area contributed by atoms with Crippen molar-refractivity contribution in [1.82, 2.24) is 10.3 Å². The summed E-state index contributed by atoms with van der Waals surface area (Å²) in [6, 6.07) is 5.80. The Balaban J connectivity index is 2.35. The standard InChI is InChI=1S/C12H20N2O2/c1-3-13-10-11-6-5-7-12(14-11)16-9-8-15-4-2/h5-7,13H,3-4,8-10H2,1-2H3. The molecule has 1 aromatic rings. The quantitative estimate of drug-likeness (QED) is 0.681. The van der Waals surface area contributed by atoms with Crippen LogP contribution in [-0.4, -0.2) is 31.3 Å². The van der Waals surface area contributed by atoms with Gasteiger partial charge in [-0.1, -0.05) is 13.0 Å². The highest BCUT2D eigenvalue weighted by atomic mass is 16.5. The first-order valence-electron chi connectivity index (χ1n) is 5.74. The summed E-state index contributed by atoms with van der Waals surface area (Å²) >= 11 is 0. The molecule has 1 N–H and O–H groups in total. The molecule has 0 unspecified atom stereocenters. The molecule has 0 aromatic carbocycles. The number of pyridine rings is 1. The number of aromatic nitrogens is 1. The zero-order valence-electron chi connectivity index (χ0n) is 10.0. The van der Waals surface area contributed by atoms with Crippen LogP contribution in [0.2, 0.25) is 0 Å². The van der Waals surface area contributed by atoms with Crippen molar-refractivity contribution in [3.8, 4) is 5.88 Å². The lowest BCUT2D eigenvalue weighted by Gasteiger charge is -2.07. The molecule has 4 nitrogen and oxygen atoms in total. The Morgan fingerprint density at radius 3 is 2.88 bits per heavy atom. The van der Waals surface area contributed by atoms with Crippen LogP contribution >= 0.6 is 0 Å². The Kier molecular flexibility index (Phi) is 6.53. The predicted octanol–water partition coefficient (Wildman–Crippen LogP) is 1.61. The van der Waals surface area contributed by atoms with E-state index in [9.17, 15) is 0 Å². The third kappa shape index (κ3) is 5.09. The molecule has 0 radical (unpaired) electrons. The largest absolute Gasteiger partial charge is 0.475 e. The average Bonchev–Trinajstić information content (AvgIpc) is 2.33. The highest BCUT2D eigenvalue weighted by molar-refractivity contribution is 5.15. The predicted molar refractivity (Wildman–Crippen MR) is 63.6 cm³/mol. The number of hydrogen-bond acceptors (Lipinski definition) is 4. The van der Waals surface area contributed by atoms with Crippen LogP contribution in [0.25, 0.3) is 0 Å². The summed E-state index contributed by atoms with van der Waals surface area (Å²) in [6.07, 6.45) is 0. The molecule has 16 heavy (non-hydrogen) atoms. The highest BCUT2D eigenvalue weighted by Gasteiger charge is 1.98. The highest BCUT2D eigenvalue weighted by Crippen LogP contribution is 2.07. The van der Waals surface area contributed by atoms with Crippen LogP contribution in [0.15, 0.2) is 18.2 Å². The zero-order valence-corrected chi connectivity index (χ0v) is 10.0. The zero-order chi connectivity index (χ0) is 11.6. The normalized spacial score (nSPS) is 10.4. The molecule has 0 fully saturated rings. The lowest BCUT2D eigenvalue weighted by Crippen LogP contribution is -2.13. The van der Waals surface area contributed by atoms with Gasteiger partial charge in [0.1, 0.15) is 6.61 Å². The third-order valence-electron chi connectivity index (χ3n) is 2.02. The monoisotopic (exact) mass is 224 g/mol. The summed E-state index contributed by atoms with van der Waals surface area (Å²) in [7, 11) is 0. The van der Waals surface area contributed by atoms with E-state index in [2.05, 4.69) is 17.2 Å². The lowest BCUT2D eigenvalue weighted by atomic mass is 10.3. The van der Waals surface area contributed by atoms with Gasteiger partial charge < -0.3 is 14.8 Å². The molecule has 0 aliphatic heterocycles. The maximum Gasteiger partial charge on any atom is 0.213 e. The second kappa shape index (κ2) is 8.07. The van der Waals surface area contributed by atoms with Gasteiger partial charge in [-0.25, -0.2) is 4.98 Å². The van der Waals surface area contributed by atoms with E-state index in [1.54, 1.807) is 0 Å². The van der Waals surface area contributed by atoms with Crippen molar-refractivity contribution in [1.29, 1.82) is 0 Å². The summed E-state index contributed by atoms with van der Waals surface area (Å²) in [5.41, 5.74) is 0.996. The van der Waals surface area contributed by atoms with Gasteiger partial charge in [-0.05, 0) is 19.5 Å². The molecule has 1 heterocycles. The van der Waals surface area contributed by atoms with Gasteiger partial charge >= 0.3 is 0 Å². The van der Waals surface area contributed by atoms with Gasteiger partial charge in [0.2, 0.25) is 5.88 Å². The van der Waals surface area contributed by atoms with Gasteiger partial charge in [0.05, 0.1) is 12.3 Å². The smallest absolute Gasteiger partial charge is 0.213 e. The van der Waals surface area contributed by atoms with Crippen molar-refractivity contribution in [3.05, 3.63) is 23.9 Å². The van der Waals surface area contributed by atoms with E-state index < -0.39 is 0 Å². The summed E-state index contributed by atoms with van der Waals surface area (Å²) in [5.74, 6) is 0.662. The van der Waals surface area contributed by atoms with E-state index in [0.29, 0.717) is 19.1 Å². The fraction of sp³-hybridized carbons (Fsp3) is 0.583. The Hall–Kier alpha value is -1.13. The van der Waals surface area contributed by atoms with Gasteiger partial charge in [-0.3, -0.25) is 0 Å². The molecule has 4 heteroatoms. The van der Waals surface area contributed by atoms with Gasteiger partial charge in [0.15, 0.2) is 0 Å². The van der Waals surface area contributed by atoms with Crippen LogP contribution in [0.3, 0.4) is 0 Å². The number of hydrogen-bond donors (Lipinski definition) is 1. The summed E-state index contributed by atoms with van der Waals surface area (Å²) in [4.78, 5) is 4.37. The van der Waals surface area contributed by atoms with Gasteiger partial charge in [-0.2, -0.15) is 0 Å². The van der Waals surface area contributed by atoms with E-state index in [1.807, 2.05) is 25.1 Å². The Labute approximate surface area is 97.0 Å². The van der Waals surface area contributed by atoms with E-state index in [-0.39, 0.29) is 0 Å². The van der Waals surface area contributed by atoms with Crippen molar-refractivity contribution < 1.29 is 9.47 Å². The molecule has 1 rings (SSSR count). The summed E-state index contributed by atoms with van der Waals surface area (Å²) in [5, 5.41) is 3.23. The molecule has 0 saturated heterocycles. The maximum absolute atomic E-state index is 5.46. The second-order valence-electron chi connectivity index (χ2n) is 3.29. The van der Waals surface area contributed by atoms with Crippen LogP contribution in [-0.2, 0) is 11.3 Å². The Bertz CT molecular complexity index is 292. The van der Waals surface area contributed by atoms with Crippen molar-refractivity contribution >= 4 is 0 Å². The van der Waals surface area contributed by atoms with Gasteiger partial charge in [-0.15, -0.1) is 0 Å². The fourth-order valence-corrected chi connectivity index (χ4v) is 1.24. The minimum Gasteiger partial charge on any atom is -0.475 e. The lowest BCUT2D eigenvalue weighted by molar-refractivity contribution is 0.108. The minimum atomic E-state index is 0.547. The first-order valence-corrected chi connectivity index (χ1v) is 5.74. The molecular formula is C12H20N2O2. The van der Waals surface area contributed by atoms with Crippen LogP contribution in [0.5, 0.6) is 5.88 Å².